The minimum atomic E-state index is -0.968. The molecule has 7 heteroatoms. The van der Waals surface area contributed by atoms with E-state index in [1.165, 1.54) is 12.3 Å². The van der Waals surface area contributed by atoms with E-state index in [1.54, 1.807) is 12.1 Å². The van der Waals surface area contributed by atoms with Crippen LogP contribution in [0.2, 0.25) is 5.02 Å². The Kier molecular flexibility index (Phi) is 5.84. The number of esters is 1. The SMILES string of the molecule is C=C1NC2=C(C(=O)CCC2)C(c2coc3ccc(Cl)cc3c2=O)C1C(=O)OCc1ccccc1. The van der Waals surface area contributed by atoms with Gasteiger partial charge in [0.25, 0.3) is 0 Å². The first-order valence-electron chi connectivity index (χ1n) is 11.1. The molecule has 0 saturated heterocycles. The summed E-state index contributed by atoms with van der Waals surface area (Å²) in [7, 11) is 0. The number of hydrogen-bond acceptors (Lipinski definition) is 6. The van der Waals surface area contributed by atoms with Crippen molar-refractivity contribution in [1.82, 2.24) is 5.32 Å². The first-order valence-corrected chi connectivity index (χ1v) is 11.5. The molecule has 1 aliphatic heterocycles. The normalized spacial score (nSPS) is 20.1. The Morgan fingerprint density at radius 3 is 2.74 bits per heavy atom. The van der Waals surface area contributed by atoms with Gasteiger partial charge in [0.1, 0.15) is 18.1 Å². The summed E-state index contributed by atoms with van der Waals surface area (Å²) in [6, 6.07) is 14.1. The van der Waals surface area contributed by atoms with Gasteiger partial charge in [0.05, 0.1) is 11.6 Å². The van der Waals surface area contributed by atoms with E-state index < -0.39 is 17.8 Å². The van der Waals surface area contributed by atoms with E-state index in [2.05, 4.69) is 11.9 Å². The summed E-state index contributed by atoms with van der Waals surface area (Å²) in [5.41, 5.74) is 2.59. The standard InChI is InChI=1S/C27H22ClNO5/c1-15-23(27(32)34-13-16-6-3-2-4-7-16)24(25-20(29-15)8-5-9-21(25)30)19-14-33-22-11-10-17(28)12-18(22)26(19)31/h2-4,6-7,10-12,14,23-24,29H,1,5,8-9,13H2. The number of hydrogen-bond donors (Lipinski definition) is 1. The summed E-state index contributed by atoms with van der Waals surface area (Å²) in [6.45, 7) is 4.13. The molecule has 0 radical (unpaired) electrons. The predicted octanol–water partition coefficient (Wildman–Crippen LogP) is 5.01. The number of nitrogens with one attached hydrogen (secondary N) is 1. The largest absolute Gasteiger partial charge is 0.464 e. The smallest absolute Gasteiger partial charge is 0.316 e. The van der Waals surface area contributed by atoms with E-state index >= 15 is 0 Å². The Morgan fingerprint density at radius 1 is 1.15 bits per heavy atom. The van der Waals surface area contributed by atoms with Gasteiger partial charge in [0.15, 0.2) is 11.2 Å². The molecule has 1 aliphatic carbocycles. The molecule has 2 unspecified atom stereocenters. The summed E-state index contributed by atoms with van der Waals surface area (Å²) >= 11 is 6.12. The van der Waals surface area contributed by atoms with Crippen molar-refractivity contribution in [2.45, 2.75) is 31.8 Å². The van der Waals surface area contributed by atoms with Crippen molar-refractivity contribution in [3.8, 4) is 0 Å². The number of benzene rings is 2. The van der Waals surface area contributed by atoms with Crippen molar-refractivity contribution >= 4 is 34.3 Å². The maximum absolute atomic E-state index is 13.6. The van der Waals surface area contributed by atoms with Crippen molar-refractivity contribution in [3.63, 3.8) is 0 Å². The molecule has 0 fully saturated rings. The van der Waals surface area contributed by atoms with Gasteiger partial charge in [-0.05, 0) is 36.6 Å². The number of ether oxygens (including phenoxy) is 1. The van der Waals surface area contributed by atoms with Crippen molar-refractivity contribution in [2.75, 3.05) is 0 Å². The third-order valence-electron chi connectivity index (χ3n) is 6.36. The molecule has 0 amide bonds. The summed E-state index contributed by atoms with van der Waals surface area (Å²) in [4.78, 5) is 40.0. The maximum Gasteiger partial charge on any atom is 0.316 e. The number of allylic oxidation sites excluding steroid dienone is 2. The zero-order chi connectivity index (χ0) is 23.8. The number of rotatable bonds is 4. The lowest BCUT2D eigenvalue weighted by Crippen LogP contribution is -2.42. The van der Waals surface area contributed by atoms with Crippen LogP contribution in [0.15, 0.2) is 87.6 Å². The molecular weight excluding hydrogens is 454 g/mol. The lowest BCUT2D eigenvalue weighted by molar-refractivity contribution is -0.149. The van der Waals surface area contributed by atoms with Crippen molar-refractivity contribution in [2.24, 2.45) is 5.92 Å². The van der Waals surface area contributed by atoms with Gasteiger partial charge in [-0.25, -0.2) is 0 Å². The molecule has 0 spiro atoms. The summed E-state index contributed by atoms with van der Waals surface area (Å²) in [6.07, 6.45) is 3.01. The Labute approximate surface area is 200 Å². The van der Waals surface area contributed by atoms with Gasteiger partial charge in [0.2, 0.25) is 0 Å². The third kappa shape index (κ3) is 3.94. The molecule has 0 bridgehead atoms. The van der Waals surface area contributed by atoms with E-state index in [1.807, 2.05) is 30.3 Å². The number of ketones is 1. The third-order valence-corrected chi connectivity index (χ3v) is 6.60. The molecule has 172 valence electrons. The first-order chi connectivity index (χ1) is 16.4. The van der Waals surface area contributed by atoms with Crippen LogP contribution in [-0.4, -0.2) is 11.8 Å². The van der Waals surface area contributed by atoms with Gasteiger partial charge < -0.3 is 14.5 Å². The second-order valence-corrected chi connectivity index (χ2v) is 8.96. The molecule has 2 atom stereocenters. The van der Waals surface area contributed by atoms with Crippen molar-refractivity contribution in [1.29, 1.82) is 0 Å². The summed E-state index contributed by atoms with van der Waals surface area (Å²) in [5.74, 6) is -2.50. The summed E-state index contributed by atoms with van der Waals surface area (Å²) in [5, 5.41) is 3.83. The lowest BCUT2D eigenvalue weighted by Gasteiger charge is -2.37. The molecule has 6 nitrogen and oxygen atoms in total. The highest BCUT2D eigenvalue weighted by molar-refractivity contribution is 6.31. The highest BCUT2D eigenvalue weighted by Crippen LogP contribution is 2.44. The number of carbonyl (C=O) groups is 2. The lowest BCUT2D eigenvalue weighted by atomic mass is 9.71. The van der Waals surface area contributed by atoms with Gasteiger partial charge in [-0.2, -0.15) is 0 Å². The van der Waals surface area contributed by atoms with Crippen LogP contribution >= 0.6 is 11.6 Å². The van der Waals surface area contributed by atoms with Crippen LogP contribution in [0.5, 0.6) is 0 Å². The van der Waals surface area contributed by atoms with Crippen LogP contribution in [0.1, 0.15) is 36.3 Å². The van der Waals surface area contributed by atoms with Crippen molar-refractivity contribution < 1.29 is 18.7 Å². The van der Waals surface area contributed by atoms with E-state index in [4.69, 9.17) is 20.8 Å². The van der Waals surface area contributed by atoms with Crippen molar-refractivity contribution in [3.05, 3.63) is 105 Å². The monoisotopic (exact) mass is 475 g/mol. The van der Waals surface area contributed by atoms with E-state index in [9.17, 15) is 14.4 Å². The molecular formula is C27H22ClNO5. The van der Waals surface area contributed by atoms with Crippen LogP contribution in [0.3, 0.4) is 0 Å². The van der Waals surface area contributed by atoms with Gasteiger partial charge in [-0.3, -0.25) is 14.4 Å². The molecule has 1 aromatic heterocycles. The molecule has 2 aliphatic rings. The van der Waals surface area contributed by atoms with E-state index in [0.717, 1.165) is 5.56 Å². The van der Waals surface area contributed by atoms with Gasteiger partial charge in [-0.15, -0.1) is 0 Å². The fourth-order valence-corrected chi connectivity index (χ4v) is 4.93. The molecule has 0 saturated carbocycles. The Hall–Kier alpha value is -3.64. The molecule has 5 rings (SSSR count). The topological polar surface area (TPSA) is 85.6 Å². The second-order valence-electron chi connectivity index (χ2n) is 8.53. The minimum absolute atomic E-state index is 0.0674. The highest BCUT2D eigenvalue weighted by atomic mass is 35.5. The second kappa shape index (κ2) is 8.95. The average Bonchev–Trinajstić information content (AvgIpc) is 2.83. The first kappa shape index (κ1) is 22.2. The summed E-state index contributed by atoms with van der Waals surface area (Å²) < 4.78 is 11.4. The van der Waals surface area contributed by atoms with Crippen LogP contribution in [0, 0.1) is 5.92 Å². The molecule has 1 N–H and O–H groups in total. The molecule has 3 aromatic rings. The minimum Gasteiger partial charge on any atom is -0.464 e. The van der Waals surface area contributed by atoms with Gasteiger partial charge in [-0.1, -0.05) is 48.5 Å². The zero-order valence-corrected chi connectivity index (χ0v) is 19.1. The van der Waals surface area contributed by atoms with Crippen LogP contribution in [0.4, 0.5) is 0 Å². The van der Waals surface area contributed by atoms with E-state index in [-0.39, 0.29) is 28.8 Å². The Bertz CT molecular complexity index is 1410. The van der Waals surface area contributed by atoms with Crippen LogP contribution in [0.25, 0.3) is 11.0 Å². The molecule has 34 heavy (non-hydrogen) atoms. The number of fused-ring (bicyclic) bond motifs is 1. The van der Waals surface area contributed by atoms with Crippen LogP contribution < -0.4 is 10.7 Å². The van der Waals surface area contributed by atoms with Crippen LogP contribution in [-0.2, 0) is 20.9 Å². The Morgan fingerprint density at radius 2 is 1.94 bits per heavy atom. The molecule has 2 aromatic carbocycles. The van der Waals surface area contributed by atoms with Gasteiger partial charge >= 0.3 is 5.97 Å². The zero-order valence-electron chi connectivity index (χ0n) is 18.3. The highest BCUT2D eigenvalue weighted by Gasteiger charge is 2.45. The maximum atomic E-state index is 13.6. The fourth-order valence-electron chi connectivity index (χ4n) is 4.76. The number of halogens is 1. The quantitative estimate of drug-likeness (QED) is 0.534. The van der Waals surface area contributed by atoms with Gasteiger partial charge in [0, 0.05) is 39.9 Å². The molecule has 2 heterocycles. The number of Topliss-reactive ketones (excluding diaryl/α,β-unsaturated/α-hetero) is 1. The van der Waals surface area contributed by atoms with E-state index in [0.29, 0.717) is 46.8 Å². The Balaban J connectivity index is 1.61. The predicted molar refractivity (Wildman–Crippen MR) is 128 cm³/mol. The average molecular weight is 476 g/mol. The fraction of sp³-hybridized carbons (Fsp3) is 0.222. The number of carbonyl (C=O) groups excluding carboxylic acids is 2.